The van der Waals surface area contributed by atoms with Crippen LogP contribution < -0.4 is 10.6 Å². The molecule has 1 saturated carbocycles. The Morgan fingerprint density at radius 3 is 2.89 bits per heavy atom. The number of carbonyl (C=O) groups is 1. The Morgan fingerprint density at radius 2 is 2.21 bits per heavy atom. The topological polar surface area (TPSA) is 68.2 Å². The van der Waals surface area contributed by atoms with E-state index in [9.17, 15) is 13.6 Å². The van der Waals surface area contributed by atoms with Gasteiger partial charge < -0.3 is 10.6 Å². The summed E-state index contributed by atoms with van der Waals surface area (Å²) < 4.78 is 28.0. The van der Waals surface area contributed by atoms with Crippen molar-refractivity contribution in [3.63, 3.8) is 0 Å². The van der Waals surface area contributed by atoms with Gasteiger partial charge in [-0.25, -0.2) is 8.78 Å². The zero-order valence-electron chi connectivity index (χ0n) is 16.0. The van der Waals surface area contributed by atoms with Gasteiger partial charge >= 0.3 is 0 Å². The number of fused-ring (bicyclic) bond motifs is 1. The van der Waals surface area contributed by atoms with Gasteiger partial charge in [-0.3, -0.25) is 9.69 Å². The van der Waals surface area contributed by atoms with E-state index >= 15 is 0 Å². The average molecular weight is 388 g/mol. The van der Waals surface area contributed by atoms with Crippen molar-refractivity contribution in [3.8, 4) is 6.07 Å². The van der Waals surface area contributed by atoms with E-state index in [0.717, 1.165) is 36.9 Å². The molecule has 4 rings (SSSR count). The van der Waals surface area contributed by atoms with E-state index in [1.165, 1.54) is 6.07 Å². The Labute approximate surface area is 164 Å². The monoisotopic (exact) mass is 388 g/mol. The molecule has 2 N–H and O–H groups in total. The summed E-state index contributed by atoms with van der Waals surface area (Å²) in [4.78, 5) is 15.2. The Hall–Kier alpha value is -2.04. The molecule has 1 amide bonds. The summed E-state index contributed by atoms with van der Waals surface area (Å²) in [5, 5.41) is 15.1. The SMILES string of the molecule is C[C@@H](NC(=O)C1(N2CCc3ccc(F)cc3C2)CC1)C1NCC(C#N)CC1F. The third-order valence-corrected chi connectivity index (χ3v) is 6.51. The van der Waals surface area contributed by atoms with Crippen LogP contribution in [0.5, 0.6) is 0 Å². The zero-order chi connectivity index (χ0) is 19.9. The molecule has 1 aliphatic carbocycles. The van der Waals surface area contributed by atoms with Crippen LogP contribution in [-0.2, 0) is 17.8 Å². The summed E-state index contributed by atoms with van der Waals surface area (Å²) in [5.74, 6) is -0.648. The molecule has 4 atom stereocenters. The maximum atomic E-state index is 14.4. The van der Waals surface area contributed by atoms with Gasteiger partial charge in [-0.15, -0.1) is 0 Å². The molecule has 28 heavy (non-hydrogen) atoms. The fraction of sp³-hybridized carbons (Fsp3) is 0.619. The Kier molecular flexibility index (Phi) is 5.11. The Balaban J connectivity index is 1.40. The number of carbonyl (C=O) groups excluding carboxylic acids is 1. The summed E-state index contributed by atoms with van der Waals surface area (Å²) in [6.07, 6.45) is 1.38. The van der Waals surface area contributed by atoms with Crippen molar-refractivity contribution in [1.82, 2.24) is 15.5 Å². The molecule has 1 aromatic rings. The van der Waals surface area contributed by atoms with Gasteiger partial charge in [0.05, 0.1) is 18.0 Å². The first kappa shape index (κ1) is 19.3. The van der Waals surface area contributed by atoms with Crippen molar-refractivity contribution in [1.29, 1.82) is 5.26 Å². The van der Waals surface area contributed by atoms with Gasteiger partial charge in [0, 0.05) is 25.7 Å². The third-order valence-electron chi connectivity index (χ3n) is 6.51. The van der Waals surface area contributed by atoms with E-state index in [1.807, 2.05) is 13.0 Å². The largest absolute Gasteiger partial charge is 0.350 e. The molecule has 3 aliphatic rings. The van der Waals surface area contributed by atoms with Gasteiger partial charge in [-0.05, 0) is 55.9 Å². The number of rotatable bonds is 4. The molecular formula is C21H26F2N4O. The van der Waals surface area contributed by atoms with E-state index in [-0.39, 0.29) is 30.1 Å². The number of benzene rings is 1. The second-order valence-corrected chi connectivity index (χ2v) is 8.39. The number of halogens is 2. The molecule has 0 radical (unpaired) electrons. The molecule has 2 fully saturated rings. The molecule has 3 unspecified atom stereocenters. The highest BCUT2D eigenvalue weighted by molar-refractivity contribution is 5.89. The lowest BCUT2D eigenvalue weighted by molar-refractivity contribution is -0.129. The molecule has 150 valence electrons. The molecule has 0 spiro atoms. The van der Waals surface area contributed by atoms with Gasteiger partial charge in [0.1, 0.15) is 17.5 Å². The van der Waals surface area contributed by atoms with Crippen molar-refractivity contribution in [3.05, 3.63) is 35.1 Å². The smallest absolute Gasteiger partial charge is 0.240 e. The molecule has 1 saturated heterocycles. The lowest BCUT2D eigenvalue weighted by Gasteiger charge is -2.38. The van der Waals surface area contributed by atoms with E-state index in [2.05, 4.69) is 21.6 Å². The predicted molar refractivity (Wildman–Crippen MR) is 100 cm³/mol. The van der Waals surface area contributed by atoms with Gasteiger partial charge in [-0.1, -0.05) is 6.07 Å². The minimum Gasteiger partial charge on any atom is -0.350 e. The normalized spacial score (nSPS) is 30.0. The second-order valence-electron chi connectivity index (χ2n) is 8.39. The summed E-state index contributed by atoms with van der Waals surface area (Å²) in [6, 6.07) is 6.12. The number of nitrogens with zero attached hydrogens (tertiary/aromatic N) is 2. The van der Waals surface area contributed by atoms with Gasteiger partial charge in [0.15, 0.2) is 0 Å². The number of alkyl halides is 1. The van der Waals surface area contributed by atoms with E-state index in [1.54, 1.807) is 6.07 Å². The lowest BCUT2D eigenvalue weighted by atomic mass is 9.90. The van der Waals surface area contributed by atoms with Crippen molar-refractivity contribution in [2.24, 2.45) is 5.92 Å². The average Bonchev–Trinajstić information content (AvgIpc) is 3.49. The van der Waals surface area contributed by atoms with Crippen molar-refractivity contribution in [2.45, 2.75) is 62.9 Å². The number of hydrogen-bond donors (Lipinski definition) is 2. The van der Waals surface area contributed by atoms with Crippen LogP contribution in [0.4, 0.5) is 8.78 Å². The molecule has 2 aliphatic heterocycles. The first-order chi connectivity index (χ1) is 13.4. The van der Waals surface area contributed by atoms with Crippen molar-refractivity contribution < 1.29 is 13.6 Å². The van der Waals surface area contributed by atoms with E-state index in [0.29, 0.717) is 13.1 Å². The van der Waals surface area contributed by atoms with Crippen LogP contribution in [0.1, 0.15) is 37.3 Å². The molecule has 5 nitrogen and oxygen atoms in total. The fourth-order valence-corrected chi connectivity index (χ4v) is 4.62. The van der Waals surface area contributed by atoms with Gasteiger partial charge in [-0.2, -0.15) is 5.26 Å². The number of amides is 1. The van der Waals surface area contributed by atoms with Crippen LogP contribution in [0.25, 0.3) is 0 Å². The summed E-state index contributed by atoms with van der Waals surface area (Å²) >= 11 is 0. The first-order valence-electron chi connectivity index (χ1n) is 10.0. The number of piperidine rings is 1. The minimum atomic E-state index is -1.16. The highest BCUT2D eigenvalue weighted by Crippen LogP contribution is 2.44. The molecule has 0 aromatic heterocycles. The van der Waals surface area contributed by atoms with E-state index in [4.69, 9.17) is 5.26 Å². The van der Waals surface area contributed by atoms with E-state index < -0.39 is 17.8 Å². The number of hydrogen-bond acceptors (Lipinski definition) is 4. The maximum absolute atomic E-state index is 14.4. The van der Waals surface area contributed by atoms with Crippen LogP contribution >= 0.6 is 0 Å². The summed E-state index contributed by atoms with van der Waals surface area (Å²) in [7, 11) is 0. The number of nitriles is 1. The highest BCUT2D eigenvalue weighted by atomic mass is 19.1. The highest BCUT2D eigenvalue weighted by Gasteiger charge is 2.55. The summed E-state index contributed by atoms with van der Waals surface area (Å²) in [6.45, 7) is 3.58. The molecule has 1 aromatic carbocycles. The molecule has 0 bridgehead atoms. The van der Waals surface area contributed by atoms with Crippen LogP contribution in [-0.4, -0.2) is 47.7 Å². The Bertz CT molecular complexity index is 804. The van der Waals surface area contributed by atoms with Crippen molar-refractivity contribution >= 4 is 5.91 Å². The standard InChI is InChI=1S/C21H26F2N4O/c1-13(19-18(23)8-14(10-24)11-25-19)26-20(28)21(5-6-21)27-7-4-15-2-3-17(22)9-16(15)12-27/h2-3,9,13-14,18-19,25H,4-8,11-12H2,1H3,(H,26,28)/t13-,14?,18?,19?/m1/s1. The lowest BCUT2D eigenvalue weighted by Crippen LogP contribution is -2.60. The van der Waals surface area contributed by atoms with Crippen LogP contribution in [0.2, 0.25) is 0 Å². The maximum Gasteiger partial charge on any atom is 0.240 e. The van der Waals surface area contributed by atoms with Gasteiger partial charge in [0.2, 0.25) is 5.91 Å². The third kappa shape index (κ3) is 3.51. The first-order valence-corrected chi connectivity index (χ1v) is 10.0. The number of nitrogens with one attached hydrogen (secondary N) is 2. The second kappa shape index (κ2) is 7.41. The summed E-state index contributed by atoms with van der Waals surface area (Å²) in [5.41, 5.74) is 1.52. The van der Waals surface area contributed by atoms with Crippen LogP contribution in [0, 0.1) is 23.1 Å². The Morgan fingerprint density at radius 1 is 1.43 bits per heavy atom. The predicted octanol–water partition coefficient (Wildman–Crippen LogP) is 2.06. The fourth-order valence-electron chi connectivity index (χ4n) is 4.62. The van der Waals surface area contributed by atoms with Crippen LogP contribution in [0.3, 0.4) is 0 Å². The minimum absolute atomic E-state index is 0.0729. The zero-order valence-corrected chi connectivity index (χ0v) is 16.0. The molecular weight excluding hydrogens is 362 g/mol. The van der Waals surface area contributed by atoms with Crippen LogP contribution in [0.15, 0.2) is 18.2 Å². The van der Waals surface area contributed by atoms with Crippen molar-refractivity contribution in [2.75, 3.05) is 13.1 Å². The van der Waals surface area contributed by atoms with Gasteiger partial charge in [0.25, 0.3) is 0 Å². The molecule has 7 heteroatoms. The quantitative estimate of drug-likeness (QED) is 0.829. The molecule has 2 heterocycles.